The number of carbonyl (C=O) groups is 1. The van der Waals surface area contributed by atoms with E-state index in [9.17, 15) is 26.4 Å². The number of amides is 1. The lowest BCUT2D eigenvalue weighted by Crippen LogP contribution is -2.23. The second kappa shape index (κ2) is 7.23. The van der Waals surface area contributed by atoms with Crippen LogP contribution in [0.3, 0.4) is 0 Å². The van der Waals surface area contributed by atoms with Gasteiger partial charge in [-0.2, -0.15) is 13.2 Å². The van der Waals surface area contributed by atoms with E-state index in [1.807, 2.05) is 5.32 Å². The molecular formula is C12H11F3N4O4S2. The lowest BCUT2D eigenvalue weighted by atomic mass is 10.3. The Bertz CT molecular complexity index is 850. The highest BCUT2D eigenvalue weighted by Crippen LogP contribution is 2.21. The maximum atomic E-state index is 12.1. The molecule has 0 aliphatic heterocycles. The molecule has 136 valence electrons. The molecule has 1 aromatic heterocycles. The number of ether oxygens (including phenoxy) is 1. The van der Waals surface area contributed by atoms with Gasteiger partial charge in [0, 0.05) is 5.69 Å². The zero-order valence-corrected chi connectivity index (χ0v) is 14.1. The van der Waals surface area contributed by atoms with E-state index in [-0.39, 0.29) is 15.7 Å². The van der Waals surface area contributed by atoms with E-state index in [1.165, 1.54) is 12.1 Å². The summed E-state index contributed by atoms with van der Waals surface area (Å²) in [5.41, 5.74) is 0.0675. The molecule has 2 N–H and O–H groups in total. The number of hydrogen-bond donors (Lipinski definition) is 2. The first-order valence-electron chi connectivity index (χ1n) is 6.49. The number of aromatic nitrogens is 2. The van der Waals surface area contributed by atoms with Gasteiger partial charge in [0.2, 0.25) is 5.13 Å². The van der Waals surface area contributed by atoms with Crippen molar-refractivity contribution in [2.24, 2.45) is 0 Å². The van der Waals surface area contributed by atoms with Gasteiger partial charge in [0.25, 0.3) is 10.0 Å². The van der Waals surface area contributed by atoms with Crippen LogP contribution < -0.4 is 10.0 Å². The number of carbonyl (C=O) groups excluding carboxylic acids is 1. The molecule has 1 heterocycles. The van der Waals surface area contributed by atoms with Gasteiger partial charge < -0.3 is 4.74 Å². The first-order valence-corrected chi connectivity index (χ1v) is 8.79. The van der Waals surface area contributed by atoms with E-state index in [0.29, 0.717) is 5.01 Å². The van der Waals surface area contributed by atoms with Gasteiger partial charge in [0.15, 0.2) is 6.61 Å². The summed E-state index contributed by atoms with van der Waals surface area (Å²) >= 11 is 1.05. The number of halogens is 3. The summed E-state index contributed by atoms with van der Waals surface area (Å²) in [6.07, 6.45) is -5.94. The maximum Gasteiger partial charge on any atom is 0.422 e. The van der Waals surface area contributed by atoms with E-state index in [2.05, 4.69) is 19.7 Å². The van der Waals surface area contributed by atoms with Crippen molar-refractivity contribution in [3.63, 3.8) is 0 Å². The number of alkyl halides is 3. The van der Waals surface area contributed by atoms with Crippen LogP contribution in [0, 0.1) is 6.92 Å². The SMILES string of the molecule is Cc1nnc(NS(=O)(=O)c2ccc(NC(=O)OCC(F)(F)F)cc2)s1. The second-order valence-electron chi connectivity index (χ2n) is 4.57. The highest BCUT2D eigenvalue weighted by Gasteiger charge is 2.29. The molecule has 25 heavy (non-hydrogen) atoms. The van der Waals surface area contributed by atoms with Crippen molar-refractivity contribution in [1.82, 2.24) is 10.2 Å². The molecule has 13 heteroatoms. The Morgan fingerprint density at radius 3 is 2.40 bits per heavy atom. The number of hydrogen-bond acceptors (Lipinski definition) is 7. The lowest BCUT2D eigenvalue weighted by Gasteiger charge is -2.10. The number of rotatable bonds is 5. The van der Waals surface area contributed by atoms with E-state index < -0.39 is 28.9 Å². The van der Waals surface area contributed by atoms with Crippen LogP contribution in [0.1, 0.15) is 5.01 Å². The molecule has 0 radical (unpaired) electrons. The van der Waals surface area contributed by atoms with Crippen molar-refractivity contribution in [1.29, 1.82) is 0 Å². The number of nitrogens with zero attached hydrogens (tertiary/aromatic N) is 2. The fraction of sp³-hybridized carbons (Fsp3) is 0.250. The summed E-state index contributed by atoms with van der Waals surface area (Å²) in [6.45, 7) is -0.0652. The summed E-state index contributed by atoms with van der Waals surface area (Å²) in [7, 11) is -3.91. The average Bonchev–Trinajstić information content (AvgIpc) is 2.89. The van der Waals surface area contributed by atoms with Crippen LogP contribution in [0.2, 0.25) is 0 Å². The monoisotopic (exact) mass is 396 g/mol. The summed E-state index contributed by atoms with van der Waals surface area (Å²) in [6, 6.07) is 4.73. The number of sulfonamides is 1. The number of benzene rings is 1. The molecule has 8 nitrogen and oxygen atoms in total. The Balaban J connectivity index is 2.00. The van der Waals surface area contributed by atoms with Crippen molar-refractivity contribution in [2.75, 3.05) is 16.6 Å². The summed E-state index contributed by atoms with van der Waals surface area (Å²) in [4.78, 5) is 11.1. The smallest absolute Gasteiger partial charge is 0.422 e. The molecule has 2 rings (SSSR count). The van der Waals surface area contributed by atoms with Crippen molar-refractivity contribution in [2.45, 2.75) is 18.0 Å². The molecule has 0 aliphatic rings. The van der Waals surface area contributed by atoms with Crippen molar-refractivity contribution >= 4 is 38.3 Å². The van der Waals surface area contributed by atoms with Gasteiger partial charge in [-0.05, 0) is 31.2 Å². The van der Waals surface area contributed by atoms with Gasteiger partial charge in [-0.15, -0.1) is 10.2 Å². The fourth-order valence-corrected chi connectivity index (χ4v) is 3.35. The average molecular weight is 396 g/mol. The van der Waals surface area contributed by atoms with Crippen molar-refractivity contribution in [3.8, 4) is 0 Å². The van der Waals surface area contributed by atoms with Crippen LogP contribution >= 0.6 is 11.3 Å². The lowest BCUT2D eigenvalue weighted by molar-refractivity contribution is -0.159. The highest BCUT2D eigenvalue weighted by molar-refractivity contribution is 7.93. The molecule has 0 fully saturated rings. The van der Waals surface area contributed by atoms with E-state index in [0.717, 1.165) is 23.5 Å². The van der Waals surface area contributed by atoms with E-state index in [4.69, 9.17) is 0 Å². The van der Waals surface area contributed by atoms with E-state index in [1.54, 1.807) is 6.92 Å². The molecule has 0 spiro atoms. The Morgan fingerprint density at radius 1 is 1.24 bits per heavy atom. The number of aryl methyl sites for hydroxylation is 1. The van der Waals surface area contributed by atoms with Gasteiger partial charge >= 0.3 is 12.3 Å². The largest absolute Gasteiger partial charge is 0.440 e. The molecule has 1 aromatic carbocycles. The van der Waals surface area contributed by atoms with Crippen LogP contribution in [0.5, 0.6) is 0 Å². The minimum absolute atomic E-state index is 0.0675. The normalized spacial score (nSPS) is 11.8. The first kappa shape index (κ1) is 18.9. The molecule has 0 saturated heterocycles. The van der Waals surface area contributed by atoms with Crippen LogP contribution in [0.4, 0.5) is 28.8 Å². The van der Waals surface area contributed by atoms with Gasteiger partial charge in [-0.3, -0.25) is 10.0 Å². The topological polar surface area (TPSA) is 110 Å². The Labute approximate surface area is 144 Å². The summed E-state index contributed by atoms with van der Waals surface area (Å²) < 4.78 is 66.3. The van der Waals surface area contributed by atoms with Crippen molar-refractivity contribution in [3.05, 3.63) is 29.3 Å². The Hall–Kier alpha value is -2.41. The summed E-state index contributed by atoms with van der Waals surface area (Å²) in [5.74, 6) is 0. The highest BCUT2D eigenvalue weighted by atomic mass is 32.2. The minimum Gasteiger partial charge on any atom is -0.440 e. The van der Waals surface area contributed by atoms with Crippen LogP contribution in [-0.2, 0) is 14.8 Å². The van der Waals surface area contributed by atoms with Crippen LogP contribution in [-0.4, -0.2) is 37.5 Å². The van der Waals surface area contributed by atoms with Crippen molar-refractivity contribution < 1.29 is 31.1 Å². The quantitative estimate of drug-likeness (QED) is 0.804. The summed E-state index contributed by atoms with van der Waals surface area (Å²) in [5, 5.41) is 10.0. The molecule has 0 bridgehead atoms. The van der Waals surface area contributed by atoms with Gasteiger partial charge in [-0.1, -0.05) is 11.3 Å². The van der Waals surface area contributed by atoms with Crippen LogP contribution in [0.15, 0.2) is 29.2 Å². The molecule has 0 atom stereocenters. The maximum absolute atomic E-state index is 12.1. The third kappa shape index (κ3) is 5.86. The predicted octanol–water partition coefficient (Wildman–Crippen LogP) is 2.76. The third-order valence-electron chi connectivity index (χ3n) is 2.53. The van der Waals surface area contributed by atoms with Gasteiger partial charge in [-0.25, -0.2) is 13.2 Å². The zero-order chi connectivity index (χ0) is 18.7. The fourth-order valence-electron chi connectivity index (χ4n) is 1.53. The molecule has 2 aromatic rings. The van der Waals surface area contributed by atoms with E-state index >= 15 is 0 Å². The van der Waals surface area contributed by atoms with Gasteiger partial charge in [0.05, 0.1) is 4.90 Å². The van der Waals surface area contributed by atoms with Crippen LogP contribution in [0.25, 0.3) is 0 Å². The number of anilines is 2. The number of nitrogens with one attached hydrogen (secondary N) is 2. The standard InChI is InChI=1S/C12H11F3N4O4S2/c1-7-17-18-10(24-7)19-25(21,22)9-4-2-8(3-5-9)16-11(20)23-6-12(13,14)15/h2-5H,6H2,1H3,(H,16,20)(H,18,19). The Kier molecular flexibility index (Phi) is 5.47. The Morgan fingerprint density at radius 2 is 1.88 bits per heavy atom. The molecular weight excluding hydrogens is 385 g/mol. The first-order chi connectivity index (χ1) is 11.5. The third-order valence-corrected chi connectivity index (χ3v) is 4.76. The second-order valence-corrected chi connectivity index (χ2v) is 7.44. The molecule has 0 aliphatic carbocycles. The van der Waals surface area contributed by atoms with Gasteiger partial charge in [0.1, 0.15) is 5.01 Å². The molecule has 0 unspecified atom stereocenters. The molecule has 0 saturated carbocycles. The molecule has 1 amide bonds. The zero-order valence-electron chi connectivity index (χ0n) is 12.5. The predicted molar refractivity (Wildman–Crippen MR) is 82.9 cm³/mol. The minimum atomic E-state index is -4.63.